The van der Waals surface area contributed by atoms with E-state index in [1.54, 1.807) is 12.5 Å². The van der Waals surface area contributed by atoms with E-state index in [2.05, 4.69) is 15.0 Å². The van der Waals surface area contributed by atoms with Gasteiger partial charge in [-0.05, 0) is 17.7 Å². The molecule has 1 fully saturated rings. The third-order valence-electron chi connectivity index (χ3n) is 3.22. The number of hydrogen-bond acceptors (Lipinski definition) is 7. The van der Waals surface area contributed by atoms with Gasteiger partial charge < -0.3 is 19.0 Å². The smallest absolute Gasteiger partial charge is 0.231 e. The number of halogens is 1. The van der Waals surface area contributed by atoms with E-state index >= 15 is 0 Å². The summed E-state index contributed by atoms with van der Waals surface area (Å²) in [6.07, 6.45) is 3.34. The molecule has 0 amide bonds. The molecule has 3 heterocycles. The number of ether oxygens (including phenoxy) is 1. The molecule has 1 saturated heterocycles. The van der Waals surface area contributed by atoms with Gasteiger partial charge in [-0.1, -0.05) is 0 Å². The van der Waals surface area contributed by atoms with Gasteiger partial charge in [0.05, 0.1) is 25.7 Å². The van der Waals surface area contributed by atoms with E-state index in [-0.39, 0.29) is 5.28 Å². The highest BCUT2D eigenvalue weighted by Crippen LogP contribution is 2.18. The van der Waals surface area contributed by atoms with Gasteiger partial charge in [-0.25, -0.2) is 0 Å². The predicted molar refractivity (Wildman–Crippen MR) is 78.7 cm³/mol. The summed E-state index contributed by atoms with van der Waals surface area (Å²) in [7, 11) is 1.90. The van der Waals surface area contributed by atoms with Crippen LogP contribution in [0.4, 0.5) is 11.9 Å². The van der Waals surface area contributed by atoms with Crippen molar-refractivity contribution in [1.29, 1.82) is 0 Å². The van der Waals surface area contributed by atoms with Crippen LogP contribution in [0.3, 0.4) is 0 Å². The molecule has 0 saturated carbocycles. The molecule has 0 aliphatic carbocycles. The average molecular weight is 310 g/mol. The second-order valence-corrected chi connectivity index (χ2v) is 5.13. The molecule has 7 nitrogen and oxygen atoms in total. The van der Waals surface area contributed by atoms with E-state index in [1.807, 2.05) is 22.9 Å². The quantitative estimate of drug-likeness (QED) is 0.849. The standard InChI is InChI=1S/C13H16ClN5O2/c1-18(8-10-2-5-21-9-10)12-15-11(14)16-13(17-12)19-3-6-20-7-4-19/h2,5,9H,3-4,6-8H2,1H3. The maximum absolute atomic E-state index is 6.03. The zero-order valence-corrected chi connectivity index (χ0v) is 12.5. The third-order valence-corrected chi connectivity index (χ3v) is 3.39. The second-order valence-electron chi connectivity index (χ2n) is 4.79. The number of anilines is 2. The number of aromatic nitrogens is 3. The van der Waals surface area contributed by atoms with Crippen LogP contribution >= 0.6 is 11.6 Å². The molecule has 0 atom stereocenters. The van der Waals surface area contributed by atoms with Crippen LogP contribution in [0, 0.1) is 0 Å². The van der Waals surface area contributed by atoms with Crippen molar-refractivity contribution >= 4 is 23.5 Å². The third kappa shape index (κ3) is 3.43. The molecule has 1 aliphatic heterocycles. The van der Waals surface area contributed by atoms with Crippen LogP contribution in [0.1, 0.15) is 5.56 Å². The fraction of sp³-hybridized carbons (Fsp3) is 0.462. The van der Waals surface area contributed by atoms with Gasteiger partial charge >= 0.3 is 0 Å². The predicted octanol–water partition coefficient (Wildman–Crippen LogP) is 1.59. The topological polar surface area (TPSA) is 67.5 Å². The molecular formula is C13H16ClN5O2. The minimum Gasteiger partial charge on any atom is -0.472 e. The van der Waals surface area contributed by atoms with Crippen molar-refractivity contribution in [2.24, 2.45) is 0 Å². The van der Waals surface area contributed by atoms with Crippen LogP contribution in [0.5, 0.6) is 0 Å². The lowest BCUT2D eigenvalue weighted by Gasteiger charge is -2.27. The van der Waals surface area contributed by atoms with Crippen LogP contribution < -0.4 is 9.80 Å². The summed E-state index contributed by atoms with van der Waals surface area (Å²) in [5, 5.41) is 0.195. The van der Waals surface area contributed by atoms with Crippen molar-refractivity contribution in [2.45, 2.75) is 6.54 Å². The minimum atomic E-state index is 0.195. The molecule has 1 aliphatic rings. The van der Waals surface area contributed by atoms with E-state index in [0.29, 0.717) is 31.7 Å². The summed E-state index contributed by atoms with van der Waals surface area (Å²) in [6.45, 7) is 3.49. The lowest BCUT2D eigenvalue weighted by Crippen LogP contribution is -2.37. The molecule has 21 heavy (non-hydrogen) atoms. The summed E-state index contributed by atoms with van der Waals surface area (Å²) < 4.78 is 10.4. The maximum atomic E-state index is 6.03. The monoisotopic (exact) mass is 309 g/mol. The Morgan fingerprint density at radius 3 is 2.81 bits per heavy atom. The Bertz CT molecular complexity index is 586. The normalized spacial score (nSPS) is 15.2. The molecule has 0 radical (unpaired) electrons. The summed E-state index contributed by atoms with van der Waals surface area (Å²) in [5.41, 5.74) is 1.04. The summed E-state index contributed by atoms with van der Waals surface area (Å²) >= 11 is 6.03. The van der Waals surface area contributed by atoms with Gasteiger partial charge in [0, 0.05) is 32.2 Å². The van der Waals surface area contributed by atoms with Crippen molar-refractivity contribution in [1.82, 2.24) is 15.0 Å². The van der Waals surface area contributed by atoms with Crippen molar-refractivity contribution < 1.29 is 9.15 Å². The van der Waals surface area contributed by atoms with Gasteiger partial charge in [-0.2, -0.15) is 15.0 Å². The van der Waals surface area contributed by atoms with Crippen LogP contribution in [0.25, 0.3) is 0 Å². The number of furan rings is 1. The first-order valence-electron chi connectivity index (χ1n) is 6.69. The molecule has 2 aromatic heterocycles. The Morgan fingerprint density at radius 1 is 1.29 bits per heavy atom. The molecule has 0 bridgehead atoms. The van der Waals surface area contributed by atoms with Gasteiger partial charge in [-0.15, -0.1) is 0 Å². The lowest BCUT2D eigenvalue weighted by atomic mass is 10.3. The Kier molecular flexibility index (Phi) is 4.21. The zero-order valence-electron chi connectivity index (χ0n) is 11.7. The Hall–Kier alpha value is -1.86. The van der Waals surface area contributed by atoms with Gasteiger partial charge in [0.2, 0.25) is 17.2 Å². The molecular weight excluding hydrogens is 294 g/mol. The number of morpholine rings is 1. The van der Waals surface area contributed by atoms with E-state index < -0.39 is 0 Å². The second kappa shape index (κ2) is 6.28. The van der Waals surface area contributed by atoms with E-state index in [1.165, 1.54) is 0 Å². The van der Waals surface area contributed by atoms with Crippen LogP contribution in [0.15, 0.2) is 23.0 Å². The SMILES string of the molecule is CN(Cc1ccoc1)c1nc(Cl)nc(N2CCOCC2)n1. The van der Waals surface area contributed by atoms with Crippen molar-refractivity contribution in [2.75, 3.05) is 43.2 Å². The first-order chi connectivity index (χ1) is 10.2. The highest BCUT2D eigenvalue weighted by Gasteiger charge is 2.17. The van der Waals surface area contributed by atoms with E-state index in [9.17, 15) is 0 Å². The number of nitrogens with zero attached hydrogens (tertiary/aromatic N) is 5. The summed E-state index contributed by atoms with van der Waals surface area (Å²) in [4.78, 5) is 16.8. The molecule has 8 heteroatoms. The highest BCUT2D eigenvalue weighted by molar-refractivity contribution is 6.28. The molecule has 0 unspecified atom stereocenters. The number of hydrogen-bond donors (Lipinski definition) is 0. The largest absolute Gasteiger partial charge is 0.472 e. The van der Waals surface area contributed by atoms with Crippen molar-refractivity contribution in [3.8, 4) is 0 Å². The average Bonchev–Trinajstić information content (AvgIpc) is 3.00. The van der Waals surface area contributed by atoms with E-state index in [0.717, 1.165) is 18.7 Å². The van der Waals surface area contributed by atoms with Crippen LogP contribution in [-0.2, 0) is 11.3 Å². The first kappa shape index (κ1) is 14.1. The molecule has 112 valence electrons. The van der Waals surface area contributed by atoms with Crippen LogP contribution in [-0.4, -0.2) is 48.3 Å². The summed E-state index contributed by atoms with van der Waals surface area (Å²) in [5.74, 6) is 1.13. The molecule has 0 aromatic carbocycles. The van der Waals surface area contributed by atoms with Gasteiger partial charge in [-0.3, -0.25) is 0 Å². The lowest BCUT2D eigenvalue weighted by molar-refractivity contribution is 0.122. The van der Waals surface area contributed by atoms with E-state index in [4.69, 9.17) is 20.8 Å². The van der Waals surface area contributed by atoms with Crippen LogP contribution in [0.2, 0.25) is 5.28 Å². The zero-order chi connectivity index (χ0) is 14.7. The van der Waals surface area contributed by atoms with Gasteiger partial charge in [0.15, 0.2) is 0 Å². The number of rotatable bonds is 4. The minimum absolute atomic E-state index is 0.195. The highest BCUT2D eigenvalue weighted by atomic mass is 35.5. The Labute approximate surface area is 127 Å². The Balaban J connectivity index is 1.79. The fourth-order valence-electron chi connectivity index (χ4n) is 2.13. The first-order valence-corrected chi connectivity index (χ1v) is 7.06. The fourth-order valence-corrected chi connectivity index (χ4v) is 2.28. The maximum Gasteiger partial charge on any atom is 0.231 e. The molecule has 0 spiro atoms. The Morgan fingerprint density at radius 2 is 2.10 bits per heavy atom. The summed E-state index contributed by atoms with van der Waals surface area (Å²) in [6, 6.07) is 1.90. The molecule has 0 N–H and O–H groups in total. The van der Waals surface area contributed by atoms with Crippen molar-refractivity contribution in [3.05, 3.63) is 29.4 Å². The molecule has 2 aromatic rings. The van der Waals surface area contributed by atoms with Gasteiger partial charge in [0.1, 0.15) is 0 Å². The van der Waals surface area contributed by atoms with Gasteiger partial charge in [0.25, 0.3) is 0 Å². The van der Waals surface area contributed by atoms with Crippen molar-refractivity contribution in [3.63, 3.8) is 0 Å². The molecule has 3 rings (SSSR count).